The molecule has 4 rings (SSSR count). The summed E-state index contributed by atoms with van der Waals surface area (Å²) in [6.07, 6.45) is 3.98. The fourth-order valence-corrected chi connectivity index (χ4v) is 3.82. The molecule has 2 aliphatic rings. The van der Waals surface area contributed by atoms with Crippen molar-refractivity contribution >= 4 is 22.6 Å². The zero-order chi connectivity index (χ0) is 17.0. The number of aromatic nitrogens is 1. The average molecular weight is 331 g/mol. The van der Waals surface area contributed by atoms with E-state index < -0.39 is 17.2 Å². The molecule has 1 aromatic carbocycles. The molecule has 2 aromatic rings. The van der Waals surface area contributed by atoms with Crippen LogP contribution in [0.1, 0.15) is 41.7 Å². The number of pyridine rings is 1. The van der Waals surface area contributed by atoms with Gasteiger partial charge >= 0.3 is 5.97 Å². The van der Waals surface area contributed by atoms with E-state index in [0.29, 0.717) is 24.2 Å². The van der Waals surface area contributed by atoms with Gasteiger partial charge in [-0.15, -0.1) is 0 Å². The number of anilines is 1. The summed E-state index contributed by atoms with van der Waals surface area (Å²) in [6, 6.07) is 1.17. The number of benzene rings is 1. The van der Waals surface area contributed by atoms with Crippen LogP contribution in [0.4, 0.5) is 10.1 Å². The molecule has 0 aliphatic carbocycles. The van der Waals surface area contributed by atoms with Crippen LogP contribution < -0.4 is 15.9 Å². The van der Waals surface area contributed by atoms with Gasteiger partial charge in [0.05, 0.1) is 11.2 Å². The molecular weight excluding hydrogens is 313 g/mol. The van der Waals surface area contributed by atoms with Crippen LogP contribution in [0, 0.1) is 5.82 Å². The molecule has 6 nitrogen and oxygen atoms in total. The van der Waals surface area contributed by atoms with Crippen molar-refractivity contribution in [2.75, 3.05) is 18.1 Å². The van der Waals surface area contributed by atoms with Gasteiger partial charge in [-0.1, -0.05) is 0 Å². The molecule has 2 aliphatic heterocycles. The molecule has 0 radical (unpaired) electrons. The minimum Gasteiger partial charge on any atom is -0.477 e. The smallest absolute Gasteiger partial charge is 0.341 e. The van der Waals surface area contributed by atoms with E-state index in [0.717, 1.165) is 24.9 Å². The fraction of sp³-hybridized carbons (Fsp3) is 0.412. The third kappa shape index (κ3) is 2.04. The van der Waals surface area contributed by atoms with E-state index in [2.05, 4.69) is 5.43 Å². The molecule has 1 fully saturated rings. The summed E-state index contributed by atoms with van der Waals surface area (Å²) in [5.74, 6) is -1.76. The van der Waals surface area contributed by atoms with Gasteiger partial charge in [-0.05, 0) is 32.3 Å². The maximum Gasteiger partial charge on any atom is 0.341 e. The summed E-state index contributed by atoms with van der Waals surface area (Å²) >= 11 is 0. The van der Waals surface area contributed by atoms with E-state index in [-0.39, 0.29) is 17.0 Å². The van der Waals surface area contributed by atoms with Crippen LogP contribution in [-0.4, -0.2) is 28.7 Å². The number of carbonyl (C=O) groups is 1. The topological polar surface area (TPSA) is 74.6 Å². The number of rotatable bonds is 2. The summed E-state index contributed by atoms with van der Waals surface area (Å²) in [5, 5.41) is 11.2. The first-order chi connectivity index (χ1) is 11.5. The Bertz CT molecular complexity index is 916. The second kappa shape index (κ2) is 5.31. The largest absolute Gasteiger partial charge is 0.477 e. The Morgan fingerprint density at radius 2 is 2.21 bits per heavy atom. The summed E-state index contributed by atoms with van der Waals surface area (Å²) in [5.41, 5.74) is 4.19. The predicted molar refractivity (Wildman–Crippen MR) is 88.1 cm³/mol. The maximum absolute atomic E-state index is 14.8. The average Bonchev–Trinajstić information content (AvgIpc) is 2.87. The van der Waals surface area contributed by atoms with Gasteiger partial charge < -0.3 is 14.7 Å². The third-order valence-corrected chi connectivity index (χ3v) is 4.93. The number of nitrogens with one attached hydrogen (secondary N) is 1. The fourth-order valence-electron chi connectivity index (χ4n) is 3.82. The van der Waals surface area contributed by atoms with Crippen molar-refractivity contribution in [1.82, 2.24) is 9.99 Å². The minimum atomic E-state index is -1.28. The zero-order valence-corrected chi connectivity index (χ0v) is 13.3. The van der Waals surface area contributed by atoms with E-state index in [9.17, 15) is 19.1 Å². The monoisotopic (exact) mass is 331 g/mol. The normalized spacial score (nSPS) is 19.9. The van der Waals surface area contributed by atoms with E-state index in [1.807, 2.05) is 11.9 Å². The number of aromatic carboxylic acids is 1. The van der Waals surface area contributed by atoms with Crippen LogP contribution in [0.25, 0.3) is 10.9 Å². The number of carboxylic acids is 1. The molecule has 0 amide bonds. The Morgan fingerprint density at radius 1 is 1.42 bits per heavy atom. The van der Waals surface area contributed by atoms with Gasteiger partial charge in [-0.2, -0.15) is 0 Å². The molecule has 0 bridgehead atoms. The first kappa shape index (κ1) is 15.1. The lowest BCUT2D eigenvalue weighted by atomic mass is 10.0. The van der Waals surface area contributed by atoms with Gasteiger partial charge in [0.15, 0.2) is 0 Å². The highest BCUT2D eigenvalue weighted by Gasteiger charge is 2.31. The quantitative estimate of drug-likeness (QED) is 0.881. The first-order valence-corrected chi connectivity index (χ1v) is 8.13. The van der Waals surface area contributed by atoms with E-state index >= 15 is 0 Å². The van der Waals surface area contributed by atoms with Crippen molar-refractivity contribution < 1.29 is 14.3 Å². The van der Waals surface area contributed by atoms with Crippen molar-refractivity contribution in [3.8, 4) is 0 Å². The standard InChI is InChI=1S/C17H18FN3O3/c1-9-6-10-14-11(16(22)12(17(23)24)8-20(9)14)7-13(18)15(10)21-5-3-2-4-19-21/h7-9,19H,2-6H2,1H3,(H,23,24). The summed E-state index contributed by atoms with van der Waals surface area (Å²) in [4.78, 5) is 23.8. The van der Waals surface area contributed by atoms with E-state index in [4.69, 9.17) is 0 Å². The third-order valence-electron chi connectivity index (χ3n) is 4.93. The van der Waals surface area contributed by atoms with Gasteiger partial charge in [-0.3, -0.25) is 4.79 Å². The molecule has 0 spiro atoms. The van der Waals surface area contributed by atoms with Crippen LogP contribution in [0.2, 0.25) is 0 Å². The molecular formula is C17H18FN3O3. The molecule has 3 heterocycles. The Hall–Kier alpha value is -2.41. The number of halogens is 1. The molecule has 126 valence electrons. The number of hydrogen-bond donors (Lipinski definition) is 2. The molecule has 1 unspecified atom stereocenters. The highest BCUT2D eigenvalue weighted by atomic mass is 19.1. The van der Waals surface area contributed by atoms with Gasteiger partial charge in [0.25, 0.3) is 0 Å². The highest BCUT2D eigenvalue weighted by molar-refractivity contribution is 5.96. The number of carboxylic acid groups (broad SMARTS) is 1. The van der Waals surface area contributed by atoms with Crippen molar-refractivity contribution in [2.45, 2.75) is 32.2 Å². The number of hydrazine groups is 1. The summed E-state index contributed by atoms with van der Waals surface area (Å²) in [6.45, 7) is 3.44. The number of nitrogens with zero attached hydrogens (tertiary/aromatic N) is 2. The van der Waals surface area contributed by atoms with Crippen LogP contribution in [0.3, 0.4) is 0 Å². The van der Waals surface area contributed by atoms with E-state index in [1.54, 1.807) is 4.57 Å². The van der Waals surface area contributed by atoms with Crippen LogP contribution >= 0.6 is 0 Å². The van der Waals surface area contributed by atoms with E-state index in [1.165, 1.54) is 12.3 Å². The Morgan fingerprint density at radius 3 is 2.88 bits per heavy atom. The Balaban J connectivity index is 2.03. The van der Waals surface area contributed by atoms with Gasteiger partial charge in [0.2, 0.25) is 5.43 Å². The molecule has 1 aromatic heterocycles. The van der Waals surface area contributed by atoms with Crippen LogP contribution in [-0.2, 0) is 6.42 Å². The van der Waals surface area contributed by atoms with Crippen molar-refractivity contribution in [3.63, 3.8) is 0 Å². The second-order valence-electron chi connectivity index (χ2n) is 6.49. The Labute approximate surface area is 137 Å². The van der Waals surface area contributed by atoms with Gasteiger partial charge in [0.1, 0.15) is 11.4 Å². The molecule has 1 saturated heterocycles. The lowest BCUT2D eigenvalue weighted by molar-refractivity contribution is 0.0694. The zero-order valence-electron chi connectivity index (χ0n) is 13.3. The molecule has 0 saturated carbocycles. The first-order valence-electron chi connectivity index (χ1n) is 8.13. The van der Waals surface area contributed by atoms with Crippen molar-refractivity contribution in [3.05, 3.63) is 39.4 Å². The second-order valence-corrected chi connectivity index (χ2v) is 6.49. The van der Waals surface area contributed by atoms with Gasteiger partial charge in [-0.25, -0.2) is 14.6 Å². The minimum absolute atomic E-state index is 0.0217. The van der Waals surface area contributed by atoms with Crippen LogP contribution in [0.15, 0.2) is 17.1 Å². The van der Waals surface area contributed by atoms with Crippen molar-refractivity contribution in [1.29, 1.82) is 0 Å². The lowest BCUT2D eigenvalue weighted by Gasteiger charge is -2.31. The molecule has 24 heavy (non-hydrogen) atoms. The summed E-state index contributed by atoms with van der Waals surface area (Å²) < 4.78 is 16.6. The van der Waals surface area contributed by atoms with Crippen molar-refractivity contribution in [2.24, 2.45) is 0 Å². The summed E-state index contributed by atoms with van der Waals surface area (Å²) in [7, 11) is 0. The SMILES string of the molecule is CC1Cc2c(N3CCCCN3)c(F)cc3c(=O)c(C(=O)O)cn1c23. The number of hydrogen-bond acceptors (Lipinski definition) is 4. The molecule has 1 atom stereocenters. The van der Waals surface area contributed by atoms with Crippen LogP contribution in [0.5, 0.6) is 0 Å². The maximum atomic E-state index is 14.8. The van der Waals surface area contributed by atoms with Gasteiger partial charge in [0, 0.05) is 36.3 Å². The molecule has 2 N–H and O–H groups in total. The predicted octanol–water partition coefficient (Wildman–Crippen LogP) is 2.06. The lowest BCUT2D eigenvalue weighted by Crippen LogP contribution is -2.44. The molecule has 7 heteroatoms. The highest BCUT2D eigenvalue weighted by Crippen LogP contribution is 2.39. The Kier molecular flexibility index (Phi) is 3.35.